The molecule has 2 heterocycles. The highest BCUT2D eigenvalue weighted by molar-refractivity contribution is 8.00. The van der Waals surface area contributed by atoms with Crippen LogP contribution in [0.25, 0.3) is 0 Å². The molecular formula is C14H17NOS. The molecule has 3 heteroatoms. The molecule has 1 fully saturated rings. The summed E-state index contributed by atoms with van der Waals surface area (Å²) in [7, 11) is 1.71. The van der Waals surface area contributed by atoms with Gasteiger partial charge in [-0.1, -0.05) is 0 Å². The smallest absolute Gasteiger partial charge is 0.118 e. The van der Waals surface area contributed by atoms with E-state index in [0.29, 0.717) is 5.92 Å². The van der Waals surface area contributed by atoms with Gasteiger partial charge < -0.3 is 4.74 Å². The third-order valence-corrected chi connectivity index (χ3v) is 5.11. The van der Waals surface area contributed by atoms with E-state index in [0.717, 1.165) is 17.5 Å². The van der Waals surface area contributed by atoms with Gasteiger partial charge in [0.2, 0.25) is 0 Å². The van der Waals surface area contributed by atoms with Crippen LogP contribution in [0.4, 0.5) is 0 Å². The molecule has 0 unspecified atom stereocenters. The van der Waals surface area contributed by atoms with E-state index < -0.39 is 0 Å². The zero-order valence-electron chi connectivity index (χ0n) is 10.1. The van der Waals surface area contributed by atoms with Crippen LogP contribution in [0.1, 0.15) is 18.4 Å². The molecule has 90 valence electrons. The van der Waals surface area contributed by atoms with Crippen LogP contribution in [0.15, 0.2) is 29.3 Å². The van der Waals surface area contributed by atoms with Crippen molar-refractivity contribution in [2.24, 2.45) is 10.9 Å². The first-order chi connectivity index (χ1) is 8.38. The lowest BCUT2D eigenvalue weighted by atomic mass is 9.88. The number of aliphatic imine (C=N–C) groups is 1. The lowest BCUT2D eigenvalue weighted by Gasteiger charge is -2.25. The Balaban J connectivity index is 1.89. The first-order valence-electron chi connectivity index (χ1n) is 6.19. The minimum atomic E-state index is 0.683. The molecule has 0 radical (unpaired) electrons. The van der Waals surface area contributed by atoms with Crippen LogP contribution >= 0.6 is 11.8 Å². The molecule has 17 heavy (non-hydrogen) atoms. The zero-order valence-corrected chi connectivity index (χ0v) is 10.9. The quantitative estimate of drug-likeness (QED) is 0.801. The third kappa shape index (κ3) is 2.08. The van der Waals surface area contributed by atoms with Crippen molar-refractivity contribution in [1.29, 1.82) is 0 Å². The second-order valence-corrected chi connectivity index (χ2v) is 5.94. The van der Waals surface area contributed by atoms with Crippen molar-refractivity contribution in [2.75, 3.05) is 19.4 Å². The van der Waals surface area contributed by atoms with Crippen LogP contribution in [0, 0.1) is 5.92 Å². The fourth-order valence-corrected chi connectivity index (χ4v) is 4.20. The molecule has 0 bridgehead atoms. The van der Waals surface area contributed by atoms with Crippen molar-refractivity contribution < 1.29 is 4.74 Å². The van der Waals surface area contributed by atoms with Gasteiger partial charge in [-0.05, 0) is 48.4 Å². The van der Waals surface area contributed by atoms with E-state index in [1.54, 1.807) is 7.11 Å². The molecule has 0 aromatic heterocycles. The fraction of sp³-hybridized carbons (Fsp3) is 0.500. The monoisotopic (exact) mass is 247 g/mol. The molecule has 1 saturated heterocycles. The zero-order chi connectivity index (χ0) is 11.7. The summed E-state index contributed by atoms with van der Waals surface area (Å²) < 4.78 is 5.20. The Kier molecular flexibility index (Phi) is 3.10. The van der Waals surface area contributed by atoms with Crippen molar-refractivity contribution in [3.8, 4) is 5.75 Å². The van der Waals surface area contributed by atoms with Gasteiger partial charge in [-0.3, -0.25) is 4.99 Å². The van der Waals surface area contributed by atoms with Gasteiger partial charge in [0.25, 0.3) is 0 Å². The highest BCUT2D eigenvalue weighted by Crippen LogP contribution is 2.39. The van der Waals surface area contributed by atoms with Gasteiger partial charge in [0.05, 0.1) is 7.11 Å². The first kappa shape index (κ1) is 11.1. The minimum absolute atomic E-state index is 0.683. The molecule has 0 N–H and O–H groups in total. The highest BCUT2D eigenvalue weighted by atomic mass is 32.2. The van der Waals surface area contributed by atoms with Crippen molar-refractivity contribution in [2.45, 2.75) is 18.1 Å². The van der Waals surface area contributed by atoms with E-state index in [9.17, 15) is 0 Å². The summed E-state index contributed by atoms with van der Waals surface area (Å²) in [5, 5.41) is 0.810. The molecule has 2 atom stereocenters. The fourth-order valence-electron chi connectivity index (χ4n) is 2.74. The van der Waals surface area contributed by atoms with Crippen LogP contribution in [-0.2, 0) is 0 Å². The Morgan fingerprint density at radius 3 is 2.82 bits per heavy atom. The predicted molar refractivity (Wildman–Crippen MR) is 73.4 cm³/mol. The summed E-state index contributed by atoms with van der Waals surface area (Å²) in [4.78, 5) is 4.76. The molecular weight excluding hydrogens is 230 g/mol. The van der Waals surface area contributed by atoms with Crippen molar-refractivity contribution in [3.05, 3.63) is 29.8 Å². The standard InChI is InChI=1S/C14H17NOS/c1-16-11-4-2-10(3-5-11)14-12-7-9-17-13(12)6-8-15-14/h2-5,12-13H,6-9H2,1H3/t12-,13+/m0/s1. The maximum Gasteiger partial charge on any atom is 0.118 e. The molecule has 2 aliphatic rings. The number of ether oxygens (including phenoxy) is 1. The summed E-state index contributed by atoms with van der Waals surface area (Å²) in [6.07, 6.45) is 2.55. The molecule has 0 aliphatic carbocycles. The van der Waals surface area contributed by atoms with Crippen LogP contribution in [0.5, 0.6) is 5.75 Å². The number of hydrogen-bond acceptors (Lipinski definition) is 3. The Bertz CT molecular complexity index is 426. The number of thioether (sulfide) groups is 1. The van der Waals surface area contributed by atoms with Crippen molar-refractivity contribution >= 4 is 17.5 Å². The molecule has 0 spiro atoms. The Morgan fingerprint density at radius 2 is 2.06 bits per heavy atom. The summed E-state index contributed by atoms with van der Waals surface area (Å²) in [6.45, 7) is 0.996. The molecule has 1 aromatic carbocycles. The molecule has 3 rings (SSSR count). The van der Waals surface area contributed by atoms with Gasteiger partial charge in [0.1, 0.15) is 5.75 Å². The summed E-state index contributed by atoms with van der Waals surface area (Å²) in [6, 6.07) is 8.35. The van der Waals surface area contributed by atoms with Gasteiger partial charge in [0.15, 0.2) is 0 Å². The van der Waals surface area contributed by atoms with Gasteiger partial charge in [-0.25, -0.2) is 0 Å². The molecule has 0 saturated carbocycles. The number of benzene rings is 1. The first-order valence-corrected chi connectivity index (χ1v) is 7.24. The maximum atomic E-state index is 5.20. The number of fused-ring (bicyclic) bond motifs is 1. The van der Waals surface area contributed by atoms with E-state index >= 15 is 0 Å². The summed E-state index contributed by atoms with van der Waals surface area (Å²) in [5.41, 5.74) is 2.61. The molecule has 1 aromatic rings. The van der Waals surface area contributed by atoms with Crippen LogP contribution in [0.2, 0.25) is 0 Å². The Hall–Kier alpha value is -0.960. The van der Waals surface area contributed by atoms with E-state index in [1.807, 2.05) is 12.1 Å². The van der Waals surface area contributed by atoms with Crippen LogP contribution < -0.4 is 4.74 Å². The molecule has 0 amide bonds. The average Bonchev–Trinajstić information content (AvgIpc) is 2.87. The van der Waals surface area contributed by atoms with Gasteiger partial charge >= 0.3 is 0 Å². The third-order valence-electron chi connectivity index (χ3n) is 3.64. The molecule has 2 nitrogen and oxygen atoms in total. The van der Waals surface area contributed by atoms with E-state index in [-0.39, 0.29) is 0 Å². The molecule has 2 aliphatic heterocycles. The Labute approximate surface area is 106 Å². The lowest BCUT2D eigenvalue weighted by molar-refractivity contribution is 0.415. The van der Waals surface area contributed by atoms with Gasteiger partial charge in [-0.15, -0.1) is 0 Å². The number of methoxy groups -OCH3 is 1. The topological polar surface area (TPSA) is 21.6 Å². The second-order valence-electron chi connectivity index (χ2n) is 4.59. The summed E-state index contributed by atoms with van der Waals surface area (Å²) >= 11 is 2.13. The average molecular weight is 247 g/mol. The van der Waals surface area contributed by atoms with Gasteiger partial charge in [-0.2, -0.15) is 11.8 Å². The van der Waals surface area contributed by atoms with E-state index in [1.165, 1.54) is 29.9 Å². The Morgan fingerprint density at radius 1 is 1.24 bits per heavy atom. The SMILES string of the molecule is COc1ccc(C2=NCC[C@H]3SCC[C@H]23)cc1. The lowest BCUT2D eigenvalue weighted by Crippen LogP contribution is -2.28. The number of nitrogens with zero attached hydrogens (tertiary/aromatic N) is 1. The maximum absolute atomic E-state index is 5.20. The van der Waals surface area contributed by atoms with Crippen molar-refractivity contribution in [1.82, 2.24) is 0 Å². The van der Waals surface area contributed by atoms with Crippen LogP contribution in [-0.4, -0.2) is 30.4 Å². The normalized spacial score (nSPS) is 27.5. The van der Waals surface area contributed by atoms with E-state index in [2.05, 4.69) is 23.9 Å². The highest BCUT2D eigenvalue weighted by Gasteiger charge is 2.34. The van der Waals surface area contributed by atoms with Crippen molar-refractivity contribution in [3.63, 3.8) is 0 Å². The van der Waals surface area contributed by atoms with Gasteiger partial charge in [0, 0.05) is 23.4 Å². The number of rotatable bonds is 2. The number of hydrogen-bond donors (Lipinski definition) is 0. The minimum Gasteiger partial charge on any atom is -0.497 e. The van der Waals surface area contributed by atoms with Crippen LogP contribution in [0.3, 0.4) is 0 Å². The summed E-state index contributed by atoms with van der Waals surface area (Å²) in [5.74, 6) is 2.90. The largest absolute Gasteiger partial charge is 0.497 e. The predicted octanol–water partition coefficient (Wildman–Crippen LogP) is 3.01. The van der Waals surface area contributed by atoms with E-state index in [4.69, 9.17) is 9.73 Å². The second kappa shape index (κ2) is 4.73.